The molecule has 0 amide bonds. The predicted octanol–water partition coefficient (Wildman–Crippen LogP) is 4.57. The second kappa shape index (κ2) is 7.33. The van der Waals surface area contributed by atoms with Gasteiger partial charge >= 0.3 is 0 Å². The third kappa shape index (κ3) is 6.15. The van der Waals surface area contributed by atoms with Crippen LogP contribution in [0.1, 0.15) is 40.2 Å². The van der Waals surface area contributed by atoms with Gasteiger partial charge in [0, 0.05) is 20.1 Å². The summed E-state index contributed by atoms with van der Waals surface area (Å²) in [6, 6.07) is 6.36. The van der Waals surface area contributed by atoms with Gasteiger partial charge in [-0.3, -0.25) is 0 Å². The first-order chi connectivity index (χ1) is 9.19. The molecule has 0 saturated heterocycles. The number of hydrogen-bond donors (Lipinski definition) is 1. The molecule has 0 aliphatic carbocycles. The van der Waals surface area contributed by atoms with Gasteiger partial charge in [0.2, 0.25) is 0 Å². The van der Waals surface area contributed by atoms with E-state index >= 15 is 0 Å². The van der Waals surface area contributed by atoms with Crippen LogP contribution in [-0.2, 0) is 6.54 Å². The Bertz CT molecular complexity index is 421. The van der Waals surface area contributed by atoms with E-state index in [1.54, 1.807) is 0 Å². The van der Waals surface area contributed by atoms with Crippen LogP contribution in [0.5, 0.6) is 0 Å². The van der Waals surface area contributed by atoms with E-state index in [9.17, 15) is 0 Å². The van der Waals surface area contributed by atoms with Crippen LogP contribution in [0.25, 0.3) is 0 Å². The summed E-state index contributed by atoms with van der Waals surface area (Å²) in [5, 5.41) is 4.28. The van der Waals surface area contributed by atoms with Gasteiger partial charge in [-0.2, -0.15) is 0 Å². The maximum Gasteiger partial charge on any atom is 0.0642 e. The first-order valence-electron chi connectivity index (χ1n) is 7.39. The molecule has 0 aliphatic rings. The van der Waals surface area contributed by atoms with Crippen molar-refractivity contribution in [1.82, 2.24) is 5.32 Å². The minimum absolute atomic E-state index is 0.259. The lowest BCUT2D eigenvalue weighted by molar-refractivity contribution is 0.419. The molecular formula is C17H29ClN2. The maximum absolute atomic E-state index is 6.43. The van der Waals surface area contributed by atoms with Crippen LogP contribution in [0.2, 0.25) is 5.02 Å². The molecule has 3 heteroatoms. The van der Waals surface area contributed by atoms with Crippen molar-refractivity contribution in [2.75, 3.05) is 25.0 Å². The Balaban J connectivity index is 2.68. The van der Waals surface area contributed by atoms with Gasteiger partial charge in [-0.15, -0.1) is 0 Å². The van der Waals surface area contributed by atoms with E-state index in [1.165, 1.54) is 5.56 Å². The lowest BCUT2D eigenvalue weighted by Gasteiger charge is -2.29. The lowest BCUT2D eigenvalue weighted by Crippen LogP contribution is -2.29. The highest BCUT2D eigenvalue weighted by molar-refractivity contribution is 6.33. The van der Waals surface area contributed by atoms with Crippen molar-refractivity contribution in [2.24, 2.45) is 11.3 Å². The Morgan fingerprint density at radius 2 is 1.90 bits per heavy atom. The van der Waals surface area contributed by atoms with Gasteiger partial charge in [-0.25, -0.2) is 0 Å². The van der Waals surface area contributed by atoms with Gasteiger partial charge in [0.05, 0.1) is 10.7 Å². The van der Waals surface area contributed by atoms with Gasteiger partial charge in [0.1, 0.15) is 0 Å². The van der Waals surface area contributed by atoms with Crippen LogP contribution in [0.15, 0.2) is 18.2 Å². The Labute approximate surface area is 129 Å². The number of halogens is 1. The molecule has 0 aromatic heterocycles. The average molecular weight is 297 g/mol. The first kappa shape index (κ1) is 17.3. The number of anilines is 1. The summed E-state index contributed by atoms with van der Waals surface area (Å²) in [6.45, 7) is 14.0. The normalized spacial score (nSPS) is 12.0. The highest BCUT2D eigenvalue weighted by Crippen LogP contribution is 2.28. The molecule has 0 bridgehead atoms. The number of nitrogens with one attached hydrogen (secondary N) is 1. The third-order valence-electron chi connectivity index (χ3n) is 3.02. The summed E-state index contributed by atoms with van der Waals surface area (Å²) < 4.78 is 0. The average Bonchev–Trinajstić information content (AvgIpc) is 2.25. The molecule has 2 nitrogen and oxygen atoms in total. The fourth-order valence-electron chi connectivity index (χ4n) is 2.27. The van der Waals surface area contributed by atoms with Gasteiger partial charge in [-0.1, -0.05) is 52.3 Å². The molecule has 0 unspecified atom stereocenters. The van der Waals surface area contributed by atoms with Crippen LogP contribution in [0.3, 0.4) is 0 Å². The van der Waals surface area contributed by atoms with Crippen molar-refractivity contribution in [3.8, 4) is 0 Å². The number of benzene rings is 1. The molecule has 0 aliphatic heterocycles. The molecule has 0 atom stereocenters. The van der Waals surface area contributed by atoms with Crippen LogP contribution < -0.4 is 10.2 Å². The molecule has 0 spiro atoms. The van der Waals surface area contributed by atoms with Gasteiger partial charge < -0.3 is 10.2 Å². The molecule has 20 heavy (non-hydrogen) atoms. The third-order valence-corrected chi connectivity index (χ3v) is 3.32. The summed E-state index contributed by atoms with van der Waals surface area (Å²) in [7, 11) is 2.10. The lowest BCUT2D eigenvalue weighted by atomic mass is 9.96. The van der Waals surface area contributed by atoms with Crippen molar-refractivity contribution in [3.05, 3.63) is 28.8 Å². The van der Waals surface area contributed by atoms with Crippen molar-refractivity contribution in [1.29, 1.82) is 0 Å². The van der Waals surface area contributed by atoms with Crippen molar-refractivity contribution < 1.29 is 0 Å². The minimum Gasteiger partial charge on any atom is -0.373 e. The SMILES string of the molecule is CC(C)CNCc1ccc(N(C)CC(C)(C)C)c(Cl)c1. The van der Waals surface area contributed by atoms with E-state index in [2.05, 4.69) is 70.1 Å². The first-order valence-corrected chi connectivity index (χ1v) is 7.77. The maximum atomic E-state index is 6.43. The van der Waals surface area contributed by atoms with Crippen molar-refractivity contribution >= 4 is 17.3 Å². The van der Waals surface area contributed by atoms with E-state index in [-0.39, 0.29) is 5.41 Å². The summed E-state index contributed by atoms with van der Waals surface area (Å²) in [5.74, 6) is 0.669. The highest BCUT2D eigenvalue weighted by Gasteiger charge is 2.15. The summed E-state index contributed by atoms with van der Waals surface area (Å²) in [5.41, 5.74) is 2.60. The number of nitrogens with zero attached hydrogens (tertiary/aromatic N) is 1. The number of rotatable bonds is 6. The summed E-state index contributed by atoms with van der Waals surface area (Å²) in [4.78, 5) is 2.23. The standard InChI is InChI=1S/C17H29ClN2/c1-13(2)10-19-11-14-7-8-16(15(18)9-14)20(6)12-17(3,4)5/h7-9,13,19H,10-12H2,1-6H3. The molecular weight excluding hydrogens is 268 g/mol. The van der Waals surface area contributed by atoms with Crippen LogP contribution in [-0.4, -0.2) is 20.1 Å². The largest absolute Gasteiger partial charge is 0.373 e. The van der Waals surface area contributed by atoms with E-state index in [0.29, 0.717) is 5.92 Å². The minimum atomic E-state index is 0.259. The zero-order valence-electron chi connectivity index (χ0n) is 13.8. The van der Waals surface area contributed by atoms with Crippen LogP contribution in [0.4, 0.5) is 5.69 Å². The fraction of sp³-hybridized carbons (Fsp3) is 0.647. The van der Waals surface area contributed by atoms with Crippen molar-refractivity contribution in [2.45, 2.75) is 41.2 Å². The topological polar surface area (TPSA) is 15.3 Å². The molecule has 1 aromatic rings. The van der Waals surface area contributed by atoms with Crippen LogP contribution in [0, 0.1) is 11.3 Å². The quantitative estimate of drug-likeness (QED) is 0.827. The molecule has 0 heterocycles. The summed E-state index contributed by atoms with van der Waals surface area (Å²) >= 11 is 6.43. The molecule has 0 saturated carbocycles. The predicted molar refractivity (Wildman–Crippen MR) is 90.7 cm³/mol. The number of hydrogen-bond acceptors (Lipinski definition) is 2. The smallest absolute Gasteiger partial charge is 0.0642 e. The Hall–Kier alpha value is -0.730. The molecule has 1 N–H and O–H groups in total. The Kier molecular flexibility index (Phi) is 6.35. The van der Waals surface area contributed by atoms with E-state index in [4.69, 9.17) is 11.6 Å². The Morgan fingerprint density at radius 3 is 2.40 bits per heavy atom. The van der Waals surface area contributed by atoms with E-state index in [0.717, 1.165) is 30.3 Å². The highest BCUT2D eigenvalue weighted by atomic mass is 35.5. The molecule has 0 radical (unpaired) electrons. The molecule has 1 aromatic carbocycles. The zero-order chi connectivity index (χ0) is 15.3. The monoisotopic (exact) mass is 296 g/mol. The zero-order valence-corrected chi connectivity index (χ0v) is 14.5. The van der Waals surface area contributed by atoms with Gasteiger partial charge in [-0.05, 0) is 35.6 Å². The fourth-order valence-corrected chi connectivity index (χ4v) is 2.62. The molecule has 1 rings (SSSR count). The van der Waals surface area contributed by atoms with E-state index in [1.807, 2.05) is 0 Å². The van der Waals surface area contributed by atoms with Gasteiger partial charge in [0.15, 0.2) is 0 Å². The Morgan fingerprint density at radius 1 is 1.25 bits per heavy atom. The second-order valence-corrected chi connectivity index (χ2v) is 7.63. The summed E-state index contributed by atoms with van der Waals surface area (Å²) in [6.07, 6.45) is 0. The second-order valence-electron chi connectivity index (χ2n) is 7.23. The molecule has 0 fully saturated rings. The van der Waals surface area contributed by atoms with Crippen LogP contribution >= 0.6 is 11.6 Å². The van der Waals surface area contributed by atoms with Crippen molar-refractivity contribution in [3.63, 3.8) is 0 Å². The molecule has 114 valence electrons. The van der Waals surface area contributed by atoms with Gasteiger partial charge in [0.25, 0.3) is 0 Å². The van der Waals surface area contributed by atoms with E-state index < -0.39 is 0 Å².